The second-order valence-corrected chi connectivity index (χ2v) is 7.27. The van der Waals surface area contributed by atoms with Gasteiger partial charge in [0.05, 0.1) is 16.7 Å². The number of carbonyl (C=O) groups excluding carboxylic acids is 2. The highest BCUT2D eigenvalue weighted by Crippen LogP contribution is 2.55. The number of likely N-dealkylation sites (tertiary alicyclic amines) is 1. The number of esters is 1. The van der Waals surface area contributed by atoms with Crippen LogP contribution >= 0.6 is 23.2 Å². The summed E-state index contributed by atoms with van der Waals surface area (Å²) in [6.07, 6.45) is 1.66. The number of hydrogen-bond donors (Lipinski definition) is 1. The molecule has 2 bridgehead atoms. The second-order valence-electron chi connectivity index (χ2n) is 6.45. The van der Waals surface area contributed by atoms with Crippen molar-refractivity contribution in [3.05, 3.63) is 33.8 Å². The predicted molar refractivity (Wildman–Crippen MR) is 90.1 cm³/mol. The number of fused-ring (bicyclic) bond motifs is 2. The average Bonchev–Trinajstić information content (AvgIpc) is 2.99. The van der Waals surface area contributed by atoms with E-state index < -0.39 is 22.9 Å². The normalized spacial score (nSPS) is 32.1. The van der Waals surface area contributed by atoms with Gasteiger partial charge in [-0.05, 0) is 43.9 Å². The molecule has 1 heterocycles. The van der Waals surface area contributed by atoms with Crippen molar-refractivity contribution in [2.24, 2.45) is 0 Å². The summed E-state index contributed by atoms with van der Waals surface area (Å²) >= 11 is 12.1. The van der Waals surface area contributed by atoms with E-state index in [-0.39, 0.29) is 12.6 Å². The van der Waals surface area contributed by atoms with Crippen molar-refractivity contribution < 1.29 is 19.4 Å². The van der Waals surface area contributed by atoms with Crippen molar-refractivity contribution in [2.45, 2.75) is 43.2 Å². The van der Waals surface area contributed by atoms with E-state index in [0.717, 1.165) is 0 Å². The zero-order chi connectivity index (χ0) is 17.7. The zero-order valence-electron chi connectivity index (χ0n) is 13.5. The fourth-order valence-electron chi connectivity index (χ4n) is 4.09. The number of nitrogens with zero attached hydrogens (tertiary/aromatic N) is 1. The molecule has 24 heavy (non-hydrogen) atoms. The first-order valence-corrected chi connectivity index (χ1v) is 8.66. The second kappa shape index (κ2) is 5.90. The summed E-state index contributed by atoms with van der Waals surface area (Å²) in [5.41, 5.74) is -2.68. The van der Waals surface area contributed by atoms with Crippen LogP contribution in [-0.2, 0) is 19.7 Å². The Kier molecular flexibility index (Phi) is 4.31. The zero-order valence-corrected chi connectivity index (χ0v) is 15.0. The molecule has 1 aromatic rings. The number of hydrogen-bond acceptors (Lipinski definition) is 4. The first-order chi connectivity index (χ1) is 11.3. The molecular formula is C17H19Cl2NO4. The van der Waals surface area contributed by atoms with Gasteiger partial charge in [-0.25, -0.2) is 4.79 Å². The van der Waals surface area contributed by atoms with E-state index in [9.17, 15) is 14.7 Å². The van der Waals surface area contributed by atoms with E-state index in [1.807, 2.05) is 0 Å². The van der Waals surface area contributed by atoms with Gasteiger partial charge in [-0.1, -0.05) is 29.3 Å². The fraction of sp³-hybridized carbons (Fsp3) is 0.529. The van der Waals surface area contributed by atoms with Gasteiger partial charge in [-0.15, -0.1) is 0 Å². The summed E-state index contributed by atoms with van der Waals surface area (Å²) in [4.78, 5) is 26.9. The SMILES string of the molecule is CCOC(=O)[C@@]1(O)C(=O)N(C)[C@H]2CC[C@]1(c1ccc(Cl)c(Cl)c1)C2. The molecule has 1 aromatic carbocycles. The molecule has 2 fully saturated rings. The maximum absolute atomic E-state index is 12.9. The number of aliphatic hydroxyl groups is 1. The van der Waals surface area contributed by atoms with Gasteiger partial charge >= 0.3 is 5.97 Å². The van der Waals surface area contributed by atoms with E-state index in [2.05, 4.69) is 0 Å². The lowest BCUT2D eigenvalue weighted by Crippen LogP contribution is -2.69. The molecule has 1 saturated carbocycles. The lowest BCUT2D eigenvalue weighted by molar-refractivity contribution is -0.189. The highest BCUT2D eigenvalue weighted by Gasteiger charge is 2.69. The van der Waals surface area contributed by atoms with Gasteiger partial charge in [-0.3, -0.25) is 4.79 Å². The first kappa shape index (κ1) is 17.5. The van der Waals surface area contributed by atoms with Crippen LogP contribution in [0.25, 0.3) is 0 Å². The summed E-state index contributed by atoms with van der Waals surface area (Å²) in [6.45, 7) is 1.72. The molecule has 3 rings (SSSR count). The van der Waals surface area contributed by atoms with Crippen LogP contribution in [0.15, 0.2) is 18.2 Å². The third-order valence-corrected chi connectivity index (χ3v) is 6.14. The van der Waals surface area contributed by atoms with Crippen molar-refractivity contribution >= 4 is 35.1 Å². The molecule has 1 saturated heterocycles. The lowest BCUT2D eigenvalue weighted by Gasteiger charge is -2.48. The molecule has 1 amide bonds. The molecule has 3 atom stereocenters. The van der Waals surface area contributed by atoms with Crippen molar-refractivity contribution in [2.75, 3.05) is 13.7 Å². The van der Waals surface area contributed by atoms with Crippen LogP contribution in [0.1, 0.15) is 31.7 Å². The minimum atomic E-state index is -2.26. The molecule has 1 aliphatic carbocycles. The molecule has 7 heteroatoms. The maximum atomic E-state index is 12.9. The third-order valence-electron chi connectivity index (χ3n) is 5.40. The number of benzene rings is 1. The summed E-state index contributed by atoms with van der Waals surface area (Å²) in [6, 6.07) is 4.95. The summed E-state index contributed by atoms with van der Waals surface area (Å²) in [5.74, 6) is -1.53. The van der Waals surface area contributed by atoms with E-state index in [0.29, 0.717) is 34.9 Å². The third kappa shape index (κ3) is 2.18. The summed E-state index contributed by atoms with van der Waals surface area (Å²) < 4.78 is 5.06. The van der Waals surface area contributed by atoms with Gasteiger partial charge in [-0.2, -0.15) is 0 Å². The minimum absolute atomic E-state index is 0.0262. The van der Waals surface area contributed by atoms with E-state index in [1.54, 1.807) is 32.2 Å². The molecule has 5 nitrogen and oxygen atoms in total. The standard InChI is InChI=1S/C17H19Cl2NO4/c1-3-24-15(22)17(23)14(21)20(2)11-6-7-16(17,9-11)10-4-5-12(18)13(19)8-10/h4-5,8,11,23H,3,6-7,9H2,1-2H3/t11-,16+,17-/m0/s1. The van der Waals surface area contributed by atoms with Gasteiger partial charge in [0.25, 0.3) is 11.5 Å². The lowest BCUT2D eigenvalue weighted by atomic mass is 9.63. The summed E-state index contributed by atoms with van der Waals surface area (Å²) in [7, 11) is 1.61. The van der Waals surface area contributed by atoms with Gasteiger partial charge in [0.2, 0.25) is 0 Å². The Morgan fingerprint density at radius 3 is 2.75 bits per heavy atom. The quantitative estimate of drug-likeness (QED) is 0.654. The molecule has 0 radical (unpaired) electrons. The number of carbonyl (C=O) groups is 2. The van der Waals surface area contributed by atoms with Gasteiger partial charge in [0.1, 0.15) is 0 Å². The smallest absolute Gasteiger partial charge is 0.349 e. The van der Waals surface area contributed by atoms with Crippen LogP contribution in [0.5, 0.6) is 0 Å². The summed E-state index contributed by atoms with van der Waals surface area (Å²) in [5, 5.41) is 12.0. The van der Waals surface area contributed by atoms with Gasteiger partial charge in [0, 0.05) is 18.5 Å². The van der Waals surface area contributed by atoms with E-state index in [4.69, 9.17) is 27.9 Å². The number of likely N-dealkylation sites (N-methyl/N-ethyl adjacent to an activating group) is 1. The molecule has 0 unspecified atom stereocenters. The number of ether oxygens (including phenoxy) is 1. The van der Waals surface area contributed by atoms with Crippen LogP contribution in [0.3, 0.4) is 0 Å². The minimum Gasteiger partial charge on any atom is -0.463 e. The topological polar surface area (TPSA) is 66.8 Å². The highest BCUT2D eigenvalue weighted by atomic mass is 35.5. The molecule has 0 spiro atoms. The Morgan fingerprint density at radius 1 is 1.42 bits per heavy atom. The maximum Gasteiger partial charge on any atom is 0.349 e. The Bertz CT molecular complexity index is 710. The number of halogens is 2. The molecule has 0 aromatic heterocycles. The molecule has 2 aliphatic rings. The van der Waals surface area contributed by atoms with Crippen molar-refractivity contribution in [3.8, 4) is 0 Å². The monoisotopic (exact) mass is 371 g/mol. The van der Waals surface area contributed by atoms with E-state index >= 15 is 0 Å². The molecule has 1 aliphatic heterocycles. The van der Waals surface area contributed by atoms with Crippen LogP contribution in [0.2, 0.25) is 10.0 Å². The fourth-order valence-corrected chi connectivity index (χ4v) is 4.39. The molecule has 130 valence electrons. The molecular weight excluding hydrogens is 353 g/mol. The van der Waals surface area contributed by atoms with Crippen molar-refractivity contribution in [1.29, 1.82) is 0 Å². The number of piperidine rings is 1. The van der Waals surface area contributed by atoms with Crippen LogP contribution < -0.4 is 0 Å². The number of rotatable bonds is 3. The van der Waals surface area contributed by atoms with E-state index in [1.165, 1.54) is 4.90 Å². The van der Waals surface area contributed by atoms with Gasteiger partial charge in [0.15, 0.2) is 0 Å². The highest BCUT2D eigenvalue weighted by molar-refractivity contribution is 6.42. The van der Waals surface area contributed by atoms with Crippen molar-refractivity contribution in [1.82, 2.24) is 4.90 Å². The Morgan fingerprint density at radius 2 is 2.12 bits per heavy atom. The van der Waals surface area contributed by atoms with Crippen LogP contribution in [0, 0.1) is 0 Å². The van der Waals surface area contributed by atoms with Crippen molar-refractivity contribution in [3.63, 3.8) is 0 Å². The van der Waals surface area contributed by atoms with Gasteiger partial charge < -0.3 is 14.7 Å². The average molecular weight is 372 g/mol. The predicted octanol–water partition coefficient (Wildman–Crippen LogP) is 2.55. The van der Waals surface area contributed by atoms with Crippen LogP contribution in [0.4, 0.5) is 0 Å². The Hall–Kier alpha value is -1.30. The first-order valence-electron chi connectivity index (χ1n) is 7.90. The van der Waals surface area contributed by atoms with Crippen LogP contribution in [-0.4, -0.2) is 47.2 Å². The Labute approximate surface area is 150 Å². The molecule has 1 N–H and O–H groups in total. The Balaban J connectivity index is 2.19. The number of amides is 1. The largest absolute Gasteiger partial charge is 0.463 e.